The number of hydrogen-bond acceptors (Lipinski definition) is 5. The molecule has 1 atom stereocenters. The molecule has 0 radical (unpaired) electrons. The molecule has 23 heavy (non-hydrogen) atoms. The van der Waals surface area contributed by atoms with Gasteiger partial charge in [-0.25, -0.2) is 0 Å². The van der Waals surface area contributed by atoms with Crippen molar-refractivity contribution in [3.63, 3.8) is 0 Å². The number of nitro benzene ring substituents is 1. The van der Waals surface area contributed by atoms with E-state index >= 15 is 0 Å². The number of morpholine rings is 1. The first kappa shape index (κ1) is 15.0. The molecule has 0 amide bonds. The third kappa shape index (κ3) is 3.15. The number of rotatable bonds is 3. The van der Waals surface area contributed by atoms with Crippen molar-refractivity contribution in [2.45, 2.75) is 6.10 Å². The van der Waals surface area contributed by atoms with Crippen LogP contribution in [0.15, 0.2) is 48.5 Å². The fourth-order valence-corrected chi connectivity index (χ4v) is 2.74. The summed E-state index contributed by atoms with van der Waals surface area (Å²) in [5.41, 5.74) is 2.03. The fraction of sp³-hybridized carbons (Fsp3) is 0.235. The number of nitro groups is 1. The summed E-state index contributed by atoms with van der Waals surface area (Å²) in [6.07, 6.45) is -0.0771. The minimum absolute atomic E-state index is 0.0711. The van der Waals surface area contributed by atoms with Crippen LogP contribution < -0.4 is 4.90 Å². The van der Waals surface area contributed by atoms with E-state index in [2.05, 4.69) is 6.07 Å². The maximum Gasteiger partial charge on any atom is 0.270 e. The molecule has 1 unspecified atom stereocenters. The number of anilines is 1. The van der Waals surface area contributed by atoms with Crippen molar-refractivity contribution in [2.75, 3.05) is 24.6 Å². The van der Waals surface area contributed by atoms with Gasteiger partial charge in [-0.2, -0.15) is 5.26 Å². The van der Waals surface area contributed by atoms with Gasteiger partial charge >= 0.3 is 0 Å². The van der Waals surface area contributed by atoms with Gasteiger partial charge in [-0.1, -0.05) is 30.3 Å². The van der Waals surface area contributed by atoms with E-state index in [0.717, 1.165) is 5.56 Å². The molecule has 0 N–H and O–H groups in total. The number of nitriles is 1. The Hall–Kier alpha value is -2.91. The first-order chi connectivity index (χ1) is 11.2. The van der Waals surface area contributed by atoms with Gasteiger partial charge in [0.25, 0.3) is 5.69 Å². The van der Waals surface area contributed by atoms with Gasteiger partial charge in [-0.05, 0) is 11.6 Å². The van der Waals surface area contributed by atoms with Crippen LogP contribution in [0.25, 0.3) is 0 Å². The summed E-state index contributed by atoms with van der Waals surface area (Å²) in [5.74, 6) is 0. The lowest BCUT2D eigenvalue weighted by molar-refractivity contribution is -0.384. The van der Waals surface area contributed by atoms with Gasteiger partial charge < -0.3 is 9.64 Å². The quantitative estimate of drug-likeness (QED) is 0.643. The van der Waals surface area contributed by atoms with Gasteiger partial charge in [-0.3, -0.25) is 10.1 Å². The van der Waals surface area contributed by atoms with Crippen LogP contribution in [0, 0.1) is 21.4 Å². The zero-order chi connectivity index (χ0) is 16.2. The largest absolute Gasteiger partial charge is 0.370 e. The van der Waals surface area contributed by atoms with Crippen molar-refractivity contribution in [2.24, 2.45) is 0 Å². The van der Waals surface area contributed by atoms with Crippen LogP contribution in [-0.4, -0.2) is 24.6 Å². The molecule has 1 heterocycles. The maximum atomic E-state index is 10.9. The highest BCUT2D eigenvalue weighted by atomic mass is 16.6. The summed E-state index contributed by atoms with van der Waals surface area (Å²) < 4.78 is 5.82. The third-order valence-corrected chi connectivity index (χ3v) is 3.89. The summed E-state index contributed by atoms with van der Waals surface area (Å²) >= 11 is 0. The number of benzene rings is 2. The van der Waals surface area contributed by atoms with Crippen molar-refractivity contribution in [3.05, 3.63) is 69.8 Å². The summed E-state index contributed by atoms with van der Waals surface area (Å²) in [7, 11) is 0. The Morgan fingerprint density at radius 3 is 2.74 bits per heavy atom. The molecule has 1 fully saturated rings. The summed E-state index contributed by atoms with van der Waals surface area (Å²) in [5, 5.41) is 20.2. The zero-order valence-corrected chi connectivity index (χ0v) is 12.4. The molecule has 3 rings (SSSR count). The normalized spacial score (nSPS) is 17.5. The highest BCUT2D eigenvalue weighted by Gasteiger charge is 2.24. The Labute approximate surface area is 133 Å². The number of non-ortho nitro benzene ring substituents is 1. The van der Waals surface area contributed by atoms with Crippen LogP contribution in [0.3, 0.4) is 0 Å². The summed E-state index contributed by atoms with van der Waals surface area (Å²) in [4.78, 5) is 12.4. The van der Waals surface area contributed by atoms with Crippen LogP contribution >= 0.6 is 0 Å². The predicted molar refractivity (Wildman–Crippen MR) is 85.2 cm³/mol. The number of nitrogens with zero attached hydrogens (tertiary/aromatic N) is 3. The van der Waals surface area contributed by atoms with Gasteiger partial charge in [0.2, 0.25) is 0 Å². The van der Waals surface area contributed by atoms with Crippen molar-refractivity contribution in [3.8, 4) is 6.07 Å². The van der Waals surface area contributed by atoms with Gasteiger partial charge in [0.15, 0.2) is 0 Å². The zero-order valence-electron chi connectivity index (χ0n) is 12.4. The first-order valence-electron chi connectivity index (χ1n) is 7.29. The standard InChI is InChI=1S/C17H15N3O3/c18-11-14-10-15(20(21)22)6-7-16(14)19-8-9-23-17(12-19)13-4-2-1-3-5-13/h1-7,10,17H,8-9,12H2. The Morgan fingerprint density at radius 2 is 2.04 bits per heavy atom. The van der Waals surface area contributed by atoms with Gasteiger partial charge in [0.05, 0.1) is 22.8 Å². The van der Waals surface area contributed by atoms with E-state index in [1.165, 1.54) is 12.1 Å². The monoisotopic (exact) mass is 309 g/mol. The molecule has 1 aliphatic heterocycles. The van der Waals surface area contributed by atoms with E-state index in [-0.39, 0.29) is 11.8 Å². The topological polar surface area (TPSA) is 79.4 Å². The molecule has 0 aromatic heterocycles. The molecule has 1 saturated heterocycles. The molecule has 0 spiro atoms. The second-order valence-electron chi connectivity index (χ2n) is 5.29. The molecular formula is C17H15N3O3. The minimum atomic E-state index is -0.489. The van der Waals surface area contributed by atoms with Crippen molar-refractivity contribution in [1.29, 1.82) is 5.26 Å². The van der Waals surface area contributed by atoms with Crippen LogP contribution in [-0.2, 0) is 4.74 Å². The molecule has 0 aliphatic carbocycles. The summed E-state index contributed by atoms with van der Waals surface area (Å²) in [6, 6.07) is 16.4. The van der Waals surface area contributed by atoms with E-state index in [4.69, 9.17) is 4.74 Å². The lowest BCUT2D eigenvalue weighted by atomic mass is 10.1. The molecule has 1 aliphatic rings. The first-order valence-corrected chi connectivity index (χ1v) is 7.29. The molecule has 6 nitrogen and oxygen atoms in total. The van der Waals surface area contributed by atoms with E-state index in [1.807, 2.05) is 35.2 Å². The van der Waals surface area contributed by atoms with E-state index < -0.39 is 4.92 Å². The van der Waals surface area contributed by atoms with Crippen LogP contribution in [0.2, 0.25) is 0 Å². The van der Waals surface area contributed by atoms with Gasteiger partial charge in [0, 0.05) is 25.2 Å². The SMILES string of the molecule is N#Cc1cc([N+](=O)[O-])ccc1N1CCOC(c2ccccc2)C1. The Bertz CT molecular complexity index is 755. The highest BCUT2D eigenvalue weighted by Crippen LogP contribution is 2.30. The Morgan fingerprint density at radius 1 is 1.26 bits per heavy atom. The van der Waals surface area contributed by atoms with Crippen molar-refractivity contribution < 1.29 is 9.66 Å². The Balaban J connectivity index is 1.87. The molecule has 2 aromatic rings. The van der Waals surface area contributed by atoms with Crippen molar-refractivity contribution in [1.82, 2.24) is 0 Å². The smallest absolute Gasteiger partial charge is 0.270 e. The van der Waals surface area contributed by atoms with E-state index in [9.17, 15) is 15.4 Å². The number of ether oxygens (including phenoxy) is 1. The minimum Gasteiger partial charge on any atom is -0.370 e. The molecule has 0 bridgehead atoms. The van der Waals surface area contributed by atoms with Crippen LogP contribution in [0.4, 0.5) is 11.4 Å². The summed E-state index contributed by atoms with van der Waals surface area (Å²) in [6.45, 7) is 1.80. The lowest BCUT2D eigenvalue weighted by Gasteiger charge is -2.35. The molecule has 6 heteroatoms. The van der Waals surface area contributed by atoms with E-state index in [0.29, 0.717) is 30.9 Å². The molecule has 0 saturated carbocycles. The van der Waals surface area contributed by atoms with Crippen LogP contribution in [0.1, 0.15) is 17.2 Å². The lowest BCUT2D eigenvalue weighted by Crippen LogP contribution is -2.38. The van der Waals surface area contributed by atoms with Gasteiger partial charge in [0.1, 0.15) is 12.2 Å². The second kappa shape index (κ2) is 6.46. The molecule has 2 aromatic carbocycles. The van der Waals surface area contributed by atoms with Crippen molar-refractivity contribution >= 4 is 11.4 Å². The molecular weight excluding hydrogens is 294 g/mol. The van der Waals surface area contributed by atoms with Crippen LogP contribution in [0.5, 0.6) is 0 Å². The second-order valence-corrected chi connectivity index (χ2v) is 5.29. The maximum absolute atomic E-state index is 10.9. The average Bonchev–Trinajstić information content (AvgIpc) is 2.62. The van der Waals surface area contributed by atoms with E-state index in [1.54, 1.807) is 6.07 Å². The Kier molecular flexibility index (Phi) is 4.22. The number of hydrogen-bond donors (Lipinski definition) is 0. The average molecular weight is 309 g/mol. The van der Waals surface area contributed by atoms with Gasteiger partial charge in [-0.15, -0.1) is 0 Å². The fourth-order valence-electron chi connectivity index (χ4n) is 2.74. The highest BCUT2D eigenvalue weighted by molar-refractivity contribution is 5.63. The molecule has 116 valence electrons. The third-order valence-electron chi connectivity index (χ3n) is 3.89. The predicted octanol–water partition coefficient (Wildman–Crippen LogP) is 3.04.